The van der Waals surface area contributed by atoms with Crippen LogP contribution in [0.5, 0.6) is 0 Å². The Kier molecular flexibility index (Phi) is 9.93. The molecule has 3 aromatic carbocycles. The average molecular weight is 656 g/mol. The summed E-state index contributed by atoms with van der Waals surface area (Å²) < 4.78 is 73.2. The third-order valence-electron chi connectivity index (χ3n) is 7.73. The van der Waals surface area contributed by atoms with E-state index in [9.17, 15) is 31.8 Å². The van der Waals surface area contributed by atoms with Gasteiger partial charge in [-0.2, -0.15) is 13.2 Å². The molecule has 6 nitrogen and oxygen atoms in total. The molecule has 0 heterocycles. The summed E-state index contributed by atoms with van der Waals surface area (Å²) in [5.41, 5.74) is -1.45. The maximum Gasteiger partial charge on any atom is 0.417 e. The number of anilines is 1. The second-order valence-corrected chi connectivity index (χ2v) is 13.5. The lowest BCUT2D eigenvalue weighted by atomic mass is 9.74. The highest BCUT2D eigenvalue weighted by Gasteiger charge is 2.58. The number of esters is 1. The van der Waals surface area contributed by atoms with Gasteiger partial charge in [0.15, 0.2) is 5.60 Å². The van der Waals surface area contributed by atoms with Gasteiger partial charge in [-0.25, -0.2) is 4.21 Å². The molecular formula is C31H33ClF3NO5S2. The molecule has 0 amide bonds. The fourth-order valence-electron chi connectivity index (χ4n) is 5.72. The highest BCUT2D eigenvalue weighted by molar-refractivity contribution is 7.98. The van der Waals surface area contributed by atoms with Crippen LogP contribution in [0.25, 0.3) is 0 Å². The van der Waals surface area contributed by atoms with Crippen molar-refractivity contribution in [3.8, 4) is 0 Å². The third kappa shape index (κ3) is 7.23. The molecule has 0 bridgehead atoms. The Morgan fingerprint density at radius 2 is 1.77 bits per heavy atom. The van der Waals surface area contributed by atoms with Crippen LogP contribution in [-0.2, 0) is 32.6 Å². The van der Waals surface area contributed by atoms with Crippen LogP contribution >= 0.6 is 23.4 Å². The molecule has 4 unspecified atom stereocenters. The van der Waals surface area contributed by atoms with E-state index in [0.29, 0.717) is 26.7 Å². The standard InChI is InChI=1S/C31H33ClF3NO5S2/c1-19-9-12-22(13-10-19)36(43(39)40)28-23-8-6-5-7-20(23)15-25(28)41-27(37)17-30(38,31(33,34)35)18-29(2,3)24-14-11-21(32)16-26(24)42-4/h5-14,16,25,28,38H,15,17-18H2,1-4H3,(H,39,40). The van der Waals surface area contributed by atoms with E-state index in [1.54, 1.807) is 86.8 Å². The summed E-state index contributed by atoms with van der Waals surface area (Å²) >= 11 is 4.84. The molecule has 0 fully saturated rings. The number of fused-ring (bicyclic) bond motifs is 1. The van der Waals surface area contributed by atoms with Gasteiger partial charge < -0.3 is 9.84 Å². The molecule has 4 atom stereocenters. The monoisotopic (exact) mass is 655 g/mol. The number of halogens is 4. The maximum absolute atomic E-state index is 14.5. The van der Waals surface area contributed by atoms with Crippen LogP contribution in [-0.4, -0.2) is 44.0 Å². The summed E-state index contributed by atoms with van der Waals surface area (Å²) in [6.07, 6.45) is -6.54. The van der Waals surface area contributed by atoms with E-state index in [2.05, 4.69) is 0 Å². The maximum atomic E-state index is 14.5. The summed E-state index contributed by atoms with van der Waals surface area (Å²) in [5.74, 6) is -1.27. The number of carbonyl (C=O) groups is 1. The fourth-order valence-corrected chi connectivity index (χ4v) is 7.51. The predicted octanol–water partition coefficient (Wildman–Crippen LogP) is 7.57. The first kappa shape index (κ1) is 33.3. The topological polar surface area (TPSA) is 87.1 Å². The van der Waals surface area contributed by atoms with Gasteiger partial charge in [0.1, 0.15) is 12.1 Å². The second kappa shape index (κ2) is 12.8. The van der Waals surface area contributed by atoms with Crippen LogP contribution in [0.3, 0.4) is 0 Å². The van der Waals surface area contributed by atoms with Gasteiger partial charge in [0.25, 0.3) is 11.3 Å². The van der Waals surface area contributed by atoms with Gasteiger partial charge in [-0.15, -0.1) is 11.8 Å². The first-order valence-electron chi connectivity index (χ1n) is 13.4. The number of hydrogen-bond donors (Lipinski definition) is 2. The summed E-state index contributed by atoms with van der Waals surface area (Å²) in [4.78, 5) is 13.9. The Balaban J connectivity index is 1.64. The second-order valence-electron chi connectivity index (χ2n) is 11.4. The molecule has 43 heavy (non-hydrogen) atoms. The number of ether oxygens (including phenoxy) is 1. The molecule has 2 N–H and O–H groups in total. The van der Waals surface area contributed by atoms with Crippen molar-refractivity contribution in [2.45, 2.75) is 74.3 Å². The van der Waals surface area contributed by atoms with Gasteiger partial charge in [0.2, 0.25) is 0 Å². The van der Waals surface area contributed by atoms with Gasteiger partial charge in [-0.05, 0) is 66.0 Å². The Morgan fingerprint density at radius 3 is 2.37 bits per heavy atom. The number of thioether (sulfide) groups is 1. The zero-order valence-corrected chi connectivity index (χ0v) is 26.4. The Hall–Kier alpha value is -2.57. The van der Waals surface area contributed by atoms with Gasteiger partial charge in [-0.1, -0.05) is 73.5 Å². The highest BCUT2D eigenvalue weighted by Crippen LogP contribution is 2.46. The van der Waals surface area contributed by atoms with E-state index >= 15 is 0 Å². The Morgan fingerprint density at radius 1 is 1.12 bits per heavy atom. The van der Waals surface area contributed by atoms with E-state index in [1.165, 1.54) is 16.1 Å². The van der Waals surface area contributed by atoms with E-state index in [4.69, 9.17) is 16.3 Å². The van der Waals surface area contributed by atoms with Crippen molar-refractivity contribution < 1.29 is 36.6 Å². The lowest BCUT2D eigenvalue weighted by molar-refractivity contribution is -0.270. The minimum atomic E-state index is -5.16. The quantitative estimate of drug-likeness (QED) is 0.133. The number of rotatable bonds is 10. The van der Waals surface area contributed by atoms with Crippen molar-refractivity contribution in [1.82, 2.24) is 0 Å². The van der Waals surface area contributed by atoms with Crippen LogP contribution in [0.1, 0.15) is 55.0 Å². The number of hydrogen-bond acceptors (Lipinski definition) is 5. The molecule has 1 aliphatic carbocycles. The molecule has 0 radical (unpaired) electrons. The number of alkyl halides is 3. The minimum Gasteiger partial charge on any atom is -0.459 e. The number of aryl methyl sites for hydroxylation is 1. The van der Waals surface area contributed by atoms with Crippen LogP contribution < -0.4 is 4.31 Å². The molecular weight excluding hydrogens is 623 g/mol. The normalized spacial score (nSPS) is 18.9. The van der Waals surface area contributed by atoms with Crippen molar-refractivity contribution in [1.29, 1.82) is 0 Å². The molecule has 0 saturated carbocycles. The smallest absolute Gasteiger partial charge is 0.417 e. The van der Waals surface area contributed by atoms with Crippen molar-refractivity contribution in [3.63, 3.8) is 0 Å². The largest absolute Gasteiger partial charge is 0.459 e. The van der Waals surface area contributed by atoms with Crippen molar-refractivity contribution in [2.75, 3.05) is 10.6 Å². The minimum absolute atomic E-state index is 0.115. The summed E-state index contributed by atoms with van der Waals surface area (Å²) in [5, 5.41) is 11.5. The number of benzene rings is 3. The van der Waals surface area contributed by atoms with Crippen LogP contribution in [0.2, 0.25) is 5.02 Å². The predicted molar refractivity (Wildman–Crippen MR) is 164 cm³/mol. The average Bonchev–Trinajstić information content (AvgIpc) is 3.25. The molecule has 0 aliphatic heterocycles. The molecule has 0 saturated heterocycles. The van der Waals surface area contributed by atoms with Crippen LogP contribution in [0, 0.1) is 6.92 Å². The lowest BCUT2D eigenvalue weighted by Gasteiger charge is -2.38. The Bertz CT molecular complexity index is 1500. The van der Waals surface area contributed by atoms with Crippen molar-refractivity contribution in [2.24, 2.45) is 0 Å². The van der Waals surface area contributed by atoms with E-state index in [1.807, 2.05) is 6.92 Å². The summed E-state index contributed by atoms with van der Waals surface area (Å²) in [6.45, 7) is 4.99. The zero-order valence-electron chi connectivity index (χ0n) is 24.0. The number of carbonyl (C=O) groups excluding carboxylic acids is 1. The molecule has 4 rings (SSSR count). The van der Waals surface area contributed by atoms with E-state index in [-0.39, 0.29) is 6.42 Å². The van der Waals surface area contributed by atoms with E-state index < -0.39 is 59.4 Å². The van der Waals surface area contributed by atoms with Crippen LogP contribution in [0.15, 0.2) is 71.6 Å². The van der Waals surface area contributed by atoms with Gasteiger partial charge in [0, 0.05) is 16.3 Å². The lowest BCUT2D eigenvalue weighted by Crippen LogP contribution is -2.51. The first-order valence-corrected chi connectivity index (χ1v) is 16.1. The molecule has 0 spiro atoms. The molecule has 1 aliphatic rings. The molecule has 232 valence electrons. The number of aliphatic hydroxyl groups is 1. The third-order valence-corrected chi connectivity index (χ3v) is 9.52. The highest BCUT2D eigenvalue weighted by atomic mass is 35.5. The fraction of sp³-hybridized carbons (Fsp3) is 0.387. The van der Waals surface area contributed by atoms with Gasteiger partial charge in [0.05, 0.1) is 12.1 Å². The molecule has 3 aromatic rings. The first-order chi connectivity index (χ1) is 20.1. The van der Waals surface area contributed by atoms with Crippen molar-refractivity contribution >= 4 is 46.3 Å². The molecule has 0 aromatic heterocycles. The van der Waals surface area contributed by atoms with E-state index in [0.717, 1.165) is 11.1 Å². The van der Waals surface area contributed by atoms with Gasteiger partial charge >= 0.3 is 12.1 Å². The SMILES string of the molecule is CSc1cc(Cl)ccc1C(C)(C)CC(O)(CC(=O)OC1Cc2ccccc2C1N(c1ccc(C)cc1)S(=O)O)C(F)(F)F. The summed E-state index contributed by atoms with van der Waals surface area (Å²) in [7, 11) is 0. The Labute approximate surface area is 261 Å². The number of nitrogens with zero attached hydrogens (tertiary/aromatic N) is 1. The van der Waals surface area contributed by atoms with Gasteiger partial charge in [-0.3, -0.25) is 13.7 Å². The zero-order chi connectivity index (χ0) is 31.7. The van der Waals surface area contributed by atoms with Crippen molar-refractivity contribution in [3.05, 3.63) is 94.0 Å². The van der Waals surface area contributed by atoms with Crippen LogP contribution in [0.4, 0.5) is 18.9 Å². The molecule has 12 heteroatoms. The summed E-state index contributed by atoms with van der Waals surface area (Å²) in [6, 6.07) is 17.7.